The van der Waals surface area contributed by atoms with Gasteiger partial charge in [-0.25, -0.2) is 14.4 Å². The van der Waals surface area contributed by atoms with Crippen LogP contribution in [0.3, 0.4) is 0 Å². The van der Waals surface area contributed by atoms with Crippen molar-refractivity contribution in [3.63, 3.8) is 0 Å². The van der Waals surface area contributed by atoms with Crippen LogP contribution in [0.2, 0.25) is 0 Å². The highest BCUT2D eigenvalue weighted by Crippen LogP contribution is 2.28. The Morgan fingerprint density at radius 3 is 2.64 bits per heavy atom. The SMILES string of the molecule is Cc1cc2c(n1C(C)C)=CCC(Oc1ncnc(Nc3ccc(N4CCNCC4)cc3)c1C#N)C=2F. The van der Waals surface area contributed by atoms with E-state index in [0.29, 0.717) is 17.5 Å². The minimum Gasteiger partial charge on any atom is -0.466 e. The Kier molecular flexibility index (Phi) is 6.61. The Morgan fingerprint density at radius 1 is 1.19 bits per heavy atom. The molecule has 1 aliphatic heterocycles. The predicted octanol–water partition coefficient (Wildman–Crippen LogP) is 2.90. The van der Waals surface area contributed by atoms with E-state index < -0.39 is 6.10 Å². The third-order valence-corrected chi connectivity index (χ3v) is 6.64. The van der Waals surface area contributed by atoms with E-state index >= 15 is 4.39 Å². The summed E-state index contributed by atoms with van der Waals surface area (Å²) >= 11 is 0. The summed E-state index contributed by atoms with van der Waals surface area (Å²) in [6, 6.07) is 12.2. The van der Waals surface area contributed by atoms with Crippen molar-refractivity contribution >= 4 is 29.1 Å². The number of nitrogens with one attached hydrogen (secondary N) is 2. The number of piperazine rings is 1. The van der Waals surface area contributed by atoms with Crippen LogP contribution in [0.15, 0.2) is 36.7 Å². The molecule has 9 heteroatoms. The summed E-state index contributed by atoms with van der Waals surface area (Å²) in [6.45, 7) is 10.00. The first-order valence-corrected chi connectivity index (χ1v) is 12.3. The summed E-state index contributed by atoms with van der Waals surface area (Å²) in [5.74, 6) is 0.0278. The summed E-state index contributed by atoms with van der Waals surface area (Å²) in [5, 5.41) is 17.8. The molecule has 3 heterocycles. The molecule has 1 fully saturated rings. The van der Waals surface area contributed by atoms with Crippen LogP contribution in [-0.4, -0.2) is 46.8 Å². The highest BCUT2D eigenvalue weighted by atomic mass is 19.1. The highest BCUT2D eigenvalue weighted by molar-refractivity contribution is 5.67. The number of anilines is 3. The van der Waals surface area contributed by atoms with Crippen LogP contribution in [0, 0.1) is 18.3 Å². The fraction of sp³-hybridized carbons (Fsp3) is 0.370. The van der Waals surface area contributed by atoms with Crippen LogP contribution in [0.25, 0.3) is 11.9 Å². The number of hydrogen-bond donors (Lipinski definition) is 2. The number of aryl methyl sites for hydroxylation is 1. The average Bonchev–Trinajstić information content (AvgIpc) is 3.24. The van der Waals surface area contributed by atoms with Gasteiger partial charge in [-0.2, -0.15) is 5.26 Å². The fourth-order valence-electron chi connectivity index (χ4n) is 4.96. The van der Waals surface area contributed by atoms with Gasteiger partial charge >= 0.3 is 0 Å². The maximum atomic E-state index is 15.5. The first-order valence-electron chi connectivity index (χ1n) is 12.3. The molecule has 36 heavy (non-hydrogen) atoms. The highest BCUT2D eigenvalue weighted by Gasteiger charge is 2.25. The molecular weight excluding hydrogens is 457 g/mol. The van der Waals surface area contributed by atoms with Crippen LogP contribution < -0.4 is 30.8 Å². The van der Waals surface area contributed by atoms with Gasteiger partial charge in [-0.05, 0) is 51.1 Å². The molecule has 1 aromatic carbocycles. The third kappa shape index (κ3) is 4.52. The Morgan fingerprint density at radius 2 is 1.94 bits per heavy atom. The zero-order valence-corrected chi connectivity index (χ0v) is 20.8. The summed E-state index contributed by atoms with van der Waals surface area (Å²) < 4.78 is 23.5. The summed E-state index contributed by atoms with van der Waals surface area (Å²) in [7, 11) is 0. The lowest BCUT2D eigenvalue weighted by Gasteiger charge is -2.29. The third-order valence-electron chi connectivity index (χ3n) is 6.64. The molecule has 2 aliphatic rings. The molecule has 1 saturated heterocycles. The number of halogens is 1. The molecule has 5 rings (SSSR count). The number of nitriles is 1. The van der Waals surface area contributed by atoms with Crippen LogP contribution in [-0.2, 0) is 0 Å². The molecule has 1 aliphatic carbocycles. The number of nitrogens with zero attached hydrogens (tertiary/aromatic N) is 5. The molecule has 1 unspecified atom stereocenters. The van der Waals surface area contributed by atoms with Crippen LogP contribution >= 0.6 is 0 Å². The molecule has 0 radical (unpaired) electrons. The second-order valence-corrected chi connectivity index (χ2v) is 9.37. The average molecular weight is 488 g/mol. The molecule has 0 spiro atoms. The van der Waals surface area contributed by atoms with Gasteiger partial charge in [0, 0.05) is 66.3 Å². The molecule has 8 nitrogen and oxygen atoms in total. The van der Waals surface area contributed by atoms with Crippen LogP contribution in [0.5, 0.6) is 5.88 Å². The van der Waals surface area contributed by atoms with E-state index in [1.54, 1.807) is 0 Å². The summed E-state index contributed by atoms with van der Waals surface area (Å²) in [5.41, 5.74) is 3.07. The summed E-state index contributed by atoms with van der Waals surface area (Å²) in [4.78, 5) is 10.7. The molecule has 1 atom stereocenters. The topological polar surface area (TPSA) is 91.0 Å². The predicted molar refractivity (Wildman–Crippen MR) is 138 cm³/mol. The minimum atomic E-state index is -0.854. The number of hydrogen-bond acceptors (Lipinski definition) is 7. The van der Waals surface area contributed by atoms with Crippen molar-refractivity contribution < 1.29 is 9.13 Å². The van der Waals surface area contributed by atoms with Crippen molar-refractivity contribution in [2.24, 2.45) is 0 Å². The van der Waals surface area contributed by atoms with E-state index in [0.717, 1.165) is 48.6 Å². The molecule has 3 aromatic rings. The van der Waals surface area contributed by atoms with Gasteiger partial charge in [-0.3, -0.25) is 0 Å². The van der Waals surface area contributed by atoms with Gasteiger partial charge in [0.15, 0.2) is 23.3 Å². The number of ether oxygens (including phenoxy) is 1. The Balaban J connectivity index is 1.37. The summed E-state index contributed by atoms with van der Waals surface area (Å²) in [6.07, 6.45) is 2.80. The minimum absolute atomic E-state index is 0.0597. The molecule has 0 saturated carbocycles. The maximum absolute atomic E-state index is 15.5. The standard InChI is InChI=1S/C27H30FN7O/c1-17(2)35-18(3)14-21-23(35)8-9-24(25(21)28)36-27-22(15-29)26(31-16-32-27)33-19-4-6-20(7-5-19)34-12-10-30-11-13-34/h4-8,14,16-17,24,30H,9-13H2,1-3H3,(H,31,32,33). The first-order chi connectivity index (χ1) is 17.5. The zero-order valence-electron chi connectivity index (χ0n) is 20.8. The van der Waals surface area contributed by atoms with E-state index in [1.807, 2.05) is 43.3 Å². The van der Waals surface area contributed by atoms with E-state index in [4.69, 9.17) is 4.74 Å². The Bertz CT molecular complexity index is 1420. The lowest BCUT2D eigenvalue weighted by Crippen LogP contribution is -2.43. The number of fused-ring (bicyclic) bond motifs is 1. The van der Waals surface area contributed by atoms with Crippen molar-refractivity contribution in [1.29, 1.82) is 5.26 Å². The lowest BCUT2D eigenvalue weighted by atomic mass is 10.1. The number of benzene rings is 1. The Labute approximate surface area is 209 Å². The molecule has 2 N–H and O–H groups in total. The van der Waals surface area contributed by atoms with E-state index in [9.17, 15) is 5.26 Å². The normalized spacial score (nSPS) is 17.4. The van der Waals surface area contributed by atoms with Gasteiger partial charge in [-0.1, -0.05) is 6.08 Å². The molecule has 186 valence electrons. The van der Waals surface area contributed by atoms with Gasteiger partial charge in [0.05, 0.1) is 0 Å². The van der Waals surface area contributed by atoms with Gasteiger partial charge in [0.1, 0.15) is 12.4 Å². The Hall–Kier alpha value is -3.90. The second-order valence-electron chi connectivity index (χ2n) is 9.37. The monoisotopic (exact) mass is 487 g/mol. The van der Waals surface area contributed by atoms with Crippen molar-refractivity contribution in [2.75, 3.05) is 36.4 Å². The van der Waals surface area contributed by atoms with Gasteiger partial charge in [0.25, 0.3) is 0 Å². The van der Waals surface area contributed by atoms with Crippen molar-refractivity contribution in [3.8, 4) is 11.9 Å². The van der Waals surface area contributed by atoms with Gasteiger partial charge in [-0.15, -0.1) is 0 Å². The molecule has 0 amide bonds. The lowest BCUT2D eigenvalue weighted by molar-refractivity contribution is 0.233. The van der Waals surface area contributed by atoms with Crippen molar-refractivity contribution in [3.05, 3.63) is 58.5 Å². The van der Waals surface area contributed by atoms with Crippen LogP contribution in [0.1, 0.15) is 37.6 Å². The molecule has 0 bridgehead atoms. The number of aromatic nitrogens is 3. The smallest absolute Gasteiger partial charge is 0.237 e. The van der Waals surface area contributed by atoms with Gasteiger partial charge < -0.3 is 24.8 Å². The quantitative estimate of drug-likeness (QED) is 0.553. The van der Waals surface area contributed by atoms with Crippen molar-refractivity contribution in [2.45, 2.75) is 39.3 Å². The van der Waals surface area contributed by atoms with Gasteiger partial charge in [0.2, 0.25) is 5.88 Å². The number of rotatable bonds is 6. The van der Waals surface area contributed by atoms with E-state index in [1.165, 1.54) is 6.33 Å². The van der Waals surface area contributed by atoms with E-state index in [2.05, 4.69) is 50.0 Å². The molecule has 2 aromatic heterocycles. The van der Waals surface area contributed by atoms with E-state index in [-0.39, 0.29) is 23.3 Å². The van der Waals surface area contributed by atoms with Crippen molar-refractivity contribution in [1.82, 2.24) is 19.9 Å². The zero-order chi connectivity index (χ0) is 25.2. The van der Waals surface area contributed by atoms with Crippen LogP contribution in [0.4, 0.5) is 21.6 Å². The first kappa shape index (κ1) is 23.8. The maximum Gasteiger partial charge on any atom is 0.237 e. The molecular formula is C27H30FN7O. The fourth-order valence-corrected chi connectivity index (χ4v) is 4.96. The second kappa shape index (κ2) is 9.99. The largest absolute Gasteiger partial charge is 0.466 e.